The predicted molar refractivity (Wildman–Crippen MR) is 166 cm³/mol. The number of nitrogens with one attached hydrogen (secondary N) is 1. The van der Waals surface area contributed by atoms with E-state index in [2.05, 4.69) is 30.0 Å². The van der Waals surface area contributed by atoms with E-state index in [4.69, 9.17) is 4.74 Å². The molecule has 16 heteroatoms. The van der Waals surface area contributed by atoms with Gasteiger partial charge in [-0.1, -0.05) is 5.57 Å². The number of nitrogens with zero attached hydrogens (tertiary/aromatic N) is 7. The maximum atomic E-state index is 14.3. The second kappa shape index (κ2) is 14.5. The maximum Gasteiger partial charge on any atom is 0.417 e. The number of halogens is 3. The Morgan fingerprint density at radius 2 is 1.77 bits per heavy atom. The van der Waals surface area contributed by atoms with Crippen molar-refractivity contribution in [1.82, 2.24) is 29.4 Å². The van der Waals surface area contributed by atoms with Gasteiger partial charge >= 0.3 is 12.3 Å². The average Bonchev–Trinajstić information content (AvgIpc) is 3.45. The van der Waals surface area contributed by atoms with Crippen LogP contribution in [0.5, 0.6) is 0 Å². The molecule has 0 aromatic carbocycles. The summed E-state index contributed by atoms with van der Waals surface area (Å²) in [7, 11) is 1.09. The molecule has 3 aromatic rings. The summed E-state index contributed by atoms with van der Waals surface area (Å²) in [5.74, 6) is -0.147. The Labute approximate surface area is 269 Å². The van der Waals surface area contributed by atoms with Gasteiger partial charge in [0.1, 0.15) is 11.3 Å². The normalized spacial score (nSPS) is 15.9. The molecule has 0 spiro atoms. The molecule has 2 aliphatic heterocycles. The number of fused-ring (bicyclic) bond motifs is 1. The van der Waals surface area contributed by atoms with Crippen molar-refractivity contribution in [3.8, 4) is 11.4 Å². The molecule has 0 saturated carbocycles. The van der Waals surface area contributed by atoms with E-state index >= 15 is 0 Å². The van der Waals surface area contributed by atoms with Gasteiger partial charge in [0.2, 0.25) is 5.91 Å². The van der Waals surface area contributed by atoms with Crippen molar-refractivity contribution in [1.29, 1.82) is 0 Å². The van der Waals surface area contributed by atoms with Crippen LogP contribution in [-0.2, 0) is 31.8 Å². The van der Waals surface area contributed by atoms with Gasteiger partial charge in [-0.05, 0) is 37.6 Å². The largest absolute Gasteiger partial charge is 0.453 e. The van der Waals surface area contributed by atoms with Crippen LogP contribution in [-0.4, -0.2) is 107 Å². The molecule has 252 valence electrons. The third-order valence-corrected chi connectivity index (χ3v) is 7.84. The van der Waals surface area contributed by atoms with Crippen LogP contribution in [0.1, 0.15) is 37.8 Å². The molecule has 13 nitrogen and oxygen atoms in total. The molecule has 2 saturated heterocycles. The molecule has 2 fully saturated rings. The minimum absolute atomic E-state index is 0.0467. The SMILES string of the molecule is COC(=O)Nc1cc(C(F)(F)F)c(-c2nc(N3CCOCC3)c3cc(CN4CCN(C(=O)CCC(=O)C=C(C)C)CC4)cn3n2)cn1. The Hall–Kier alpha value is -4.57. The summed E-state index contributed by atoms with van der Waals surface area (Å²) < 4.78 is 54.3. The van der Waals surface area contributed by atoms with Gasteiger partial charge in [-0.3, -0.25) is 19.8 Å². The molecule has 3 aromatic heterocycles. The number of ketones is 1. The van der Waals surface area contributed by atoms with E-state index in [9.17, 15) is 27.6 Å². The van der Waals surface area contributed by atoms with Crippen molar-refractivity contribution in [2.45, 2.75) is 39.4 Å². The number of rotatable bonds is 9. The van der Waals surface area contributed by atoms with Crippen molar-refractivity contribution in [2.24, 2.45) is 0 Å². The van der Waals surface area contributed by atoms with Crippen molar-refractivity contribution >= 4 is 34.9 Å². The highest BCUT2D eigenvalue weighted by Gasteiger charge is 2.36. The topological polar surface area (TPSA) is 134 Å². The molecule has 47 heavy (non-hydrogen) atoms. The van der Waals surface area contributed by atoms with E-state index in [0.717, 1.165) is 30.5 Å². The fourth-order valence-corrected chi connectivity index (χ4v) is 5.53. The highest BCUT2D eigenvalue weighted by atomic mass is 19.4. The Kier molecular flexibility index (Phi) is 10.4. The number of alkyl halides is 3. The Morgan fingerprint density at radius 1 is 1.04 bits per heavy atom. The molecule has 5 rings (SSSR count). The van der Waals surface area contributed by atoms with E-state index in [0.29, 0.717) is 70.4 Å². The van der Waals surface area contributed by atoms with Crippen LogP contribution in [0.4, 0.5) is 29.6 Å². The standard InChI is InChI=1S/C31H37F3N8O5/c1-20(2)14-22(43)4-5-27(44)40-8-6-39(7-9-40)18-21-15-25-29(41-10-12-47-13-11-41)37-28(38-42(25)19-21)23-17-35-26(36-30(45)46-3)16-24(23)31(32,33)34/h14-17,19H,4-13,18H2,1-3H3,(H,35,36,45). The average molecular weight is 659 g/mol. The highest BCUT2D eigenvalue weighted by Crippen LogP contribution is 2.38. The number of carbonyl (C=O) groups excluding carboxylic acids is 3. The molecule has 1 N–H and O–H groups in total. The lowest BCUT2D eigenvalue weighted by Crippen LogP contribution is -2.48. The Morgan fingerprint density at radius 3 is 2.43 bits per heavy atom. The van der Waals surface area contributed by atoms with E-state index < -0.39 is 17.8 Å². The van der Waals surface area contributed by atoms with Gasteiger partial charge in [0.05, 0.1) is 31.5 Å². The molecule has 2 aliphatic rings. The lowest BCUT2D eigenvalue weighted by molar-refractivity contribution is -0.137. The first-order chi connectivity index (χ1) is 22.4. The minimum Gasteiger partial charge on any atom is -0.453 e. The number of aromatic nitrogens is 4. The number of hydrogen-bond acceptors (Lipinski definition) is 10. The molecule has 2 amide bonds. The Balaban J connectivity index is 1.38. The van der Waals surface area contributed by atoms with Gasteiger partial charge in [0.15, 0.2) is 17.4 Å². The molecule has 5 heterocycles. The van der Waals surface area contributed by atoms with Gasteiger partial charge in [-0.25, -0.2) is 19.3 Å². The number of allylic oxidation sites excluding steroid dienone is 2. The number of hydrogen-bond donors (Lipinski definition) is 1. The molecule has 0 unspecified atom stereocenters. The predicted octanol–water partition coefficient (Wildman–Crippen LogP) is 3.78. The summed E-state index contributed by atoms with van der Waals surface area (Å²) >= 11 is 0. The molecular formula is C31H37F3N8O5. The van der Waals surface area contributed by atoms with Crippen molar-refractivity contribution < 1.29 is 37.0 Å². The van der Waals surface area contributed by atoms with Crippen LogP contribution >= 0.6 is 0 Å². The zero-order chi connectivity index (χ0) is 33.7. The summed E-state index contributed by atoms with van der Waals surface area (Å²) in [6.45, 7) is 8.39. The number of carbonyl (C=O) groups is 3. The van der Waals surface area contributed by atoms with Crippen molar-refractivity contribution in [3.05, 3.63) is 47.3 Å². The number of amides is 2. The van der Waals surface area contributed by atoms with E-state index in [-0.39, 0.29) is 41.7 Å². The fraction of sp³-hybridized carbons (Fsp3) is 0.484. The number of ether oxygens (including phenoxy) is 2. The smallest absolute Gasteiger partial charge is 0.417 e. The van der Waals surface area contributed by atoms with Gasteiger partial charge in [-0.2, -0.15) is 13.2 Å². The van der Waals surface area contributed by atoms with Gasteiger partial charge < -0.3 is 19.3 Å². The first-order valence-electron chi connectivity index (χ1n) is 15.2. The maximum absolute atomic E-state index is 14.3. The summed E-state index contributed by atoms with van der Waals surface area (Å²) in [5, 5.41) is 6.64. The van der Waals surface area contributed by atoms with E-state index in [1.807, 2.05) is 24.8 Å². The number of piperazine rings is 1. The lowest BCUT2D eigenvalue weighted by Gasteiger charge is -2.34. The highest BCUT2D eigenvalue weighted by molar-refractivity contribution is 5.93. The fourth-order valence-electron chi connectivity index (χ4n) is 5.53. The molecule has 0 radical (unpaired) electrons. The van der Waals surface area contributed by atoms with E-state index in [1.165, 1.54) is 4.52 Å². The number of anilines is 2. The Bertz CT molecular complexity index is 1660. The third kappa shape index (κ3) is 8.43. The molecule has 0 bridgehead atoms. The zero-order valence-corrected chi connectivity index (χ0v) is 26.5. The van der Waals surface area contributed by atoms with Crippen LogP contribution in [0.3, 0.4) is 0 Å². The van der Waals surface area contributed by atoms with Crippen LogP contribution in [0.2, 0.25) is 0 Å². The molecule has 0 atom stereocenters. The van der Waals surface area contributed by atoms with Crippen LogP contribution in [0.15, 0.2) is 36.2 Å². The lowest BCUT2D eigenvalue weighted by atomic mass is 10.1. The number of pyridine rings is 1. The second-order valence-corrected chi connectivity index (χ2v) is 11.6. The second-order valence-electron chi connectivity index (χ2n) is 11.6. The third-order valence-electron chi connectivity index (χ3n) is 7.84. The zero-order valence-electron chi connectivity index (χ0n) is 26.5. The van der Waals surface area contributed by atoms with Gasteiger partial charge in [0.25, 0.3) is 0 Å². The quantitative estimate of drug-likeness (QED) is 0.339. The van der Waals surface area contributed by atoms with Crippen molar-refractivity contribution in [2.75, 3.05) is 69.8 Å². The molecular weight excluding hydrogens is 621 g/mol. The monoisotopic (exact) mass is 658 g/mol. The summed E-state index contributed by atoms with van der Waals surface area (Å²) in [4.78, 5) is 50.8. The number of morpholine rings is 1. The number of methoxy groups -OCH3 is 1. The summed E-state index contributed by atoms with van der Waals surface area (Å²) in [6, 6.07) is 2.65. The van der Waals surface area contributed by atoms with E-state index in [1.54, 1.807) is 17.2 Å². The first kappa shape index (κ1) is 33.8. The minimum atomic E-state index is -4.80. The summed E-state index contributed by atoms with van der Waals surface area (Å²) in [5.41, 5.74) is 1.01. The van der Waals surface area contributed by atoms with Crippen molar-refractivity contribution in [3.63, 3.8) is 0 Å². The van der Waals surface area contributed by atoms with Crippen LogP contribution in [0, 0.1) is 0 Å². The van der Waals surface area contributed by atoms with Crippen LogP contribution in [0.25, 0.3) is 16.9 Å². The summed E-state index contributed by atoms with van der Waals surface area (Å²) in [6.07, 6.45) is -1.08. The van der Waals surface area contributed by atoms with Gasteiger partial charge in [-0.15, -0.1) is 5.10 Å². The molecule has 0 aliphatic carbocycles. The van der Waals surface area contributed by atoms with Crippen LogP contribution < -0.4 is 10.2 Å². The first-order valence-corrected chi connectivity index (χ1v) is 15.2. The van der Waals surface area contributed by atoms with Gasteiger partial charge in [0, 0.05) is 71.0 Å².